The van der Waals surface area contributed by atoms with E-state index in [9.17, 15) is 0 Å². The first-order valence-electron chi connectivity index (χ1n) is 3.11. The van der Waals surface area contributed by atoms with Gasteiger partial charge in [0.1, 0.15) is 0 Å². The van der Waals surface area contributed by atoms with Crippen molar-refractivity contribution in [1.29, 1.82) is 0 Å². The molecule has 0 aliphatic heterocycles. The number of ether oxygens (including phenoxy) is 1. The summed E-state index contributed by atoms with van der Waals surface area (Å²) in [7, 11) is 1.74. The molecule has 50 valence electrons. The van der Waals surface area contributed by atoms with Gasteiger partial charge in [-0.25, -0.2) is 0 Å². The maximum atomic E-state index is 4.92. The van der Waals surface area contributed by atoms with Gasteiger partial charge >= 0.3 is 0 Å². The Morgan fingerprint density at radius 1 is 1.50 bits per heavy atom. The molecule has 1 nitrogen and oxygen atoms in total. The van der Waals surface area contributed by atoms with Crippen LogP contribution in [0.3, 0.4) is 0 Å². The summed E-state index contributed by atoms with van der Waals surface area (Å²) in [5.41, 5.74) is 0. The zero-order chi connectivity index (χ0) is 6.41. The van der Waals surface area contributed by atoms with Crippen LogP contribution in [0.25, 0.3) is 0 Å². The summed E-state index contributed by atoms with van der Waals surface area (Å²) in [6.07, 6.45) is 2.43. The van der Waals surface area contributed by atoms with Gasteiger partial charge in [-0.3, -0.25) is 5.92 Å². The van der Waals surface area contributed by atoms with Crippen LogP contribution in [0.4, 0.5) is 0 Å². The second-order valence-electron chi connectivity index (χ2n) is 2.14. The predicted octanol–water partition coefficient (Wildman–Crippen LogP) is 2.03. The highest BCUT2D eigenvalue weighted by molar-refractivity contribution is 4.81. The second kappa shape index (κ2) is 5.10. The van der Waals surface area contributed by atoms with Crippen molar-refractivity contribution in [2.24, 2.45) is 0 Å². The normalized spacial score (nSPS) is 10.5. The molecule has 0 aromatic carbocycles. The molecule has 0 rings (SSSR count). The summed E-state index contributed by atoms with van der Waals surface area (Å²) < 4.78 is 4.92. The minimum Gasteiger partial charge on any atom is -0.416 e. The molecule has 0 aliphatic carbocycles. The third kappa shape index (κ3) is 4.13. The van der Waals surface area contributed by atoms with Gasteiger partial charge < -0.3 is 4.74 Å². The quantitative estimate of drug-likeness (QED) is 0.509. The number of methoxy groups -OCH3 is 1. The van der Waals surface area contributed by atoms with Crippen molar-refractivity contribution in [2.45, 2.75) is 26.7 Å². The van der Waals surface area contributed by atoms with Crippen molar-refractivity contribution in [2.75, 3.05) is 13.7 Å². The first-order valence-corrected chi connectivity index (χ1v) is 3.11. The molecule has 0 saturated heterocycles. The second-order valence-corrected chi connectivity index (χ2v) is 2.14. The van der Waals surface area contributed by atoms with Gasteiger partial charge in [-0.15, -0.1) is 0 Å². The van der Waals surface area contributed by atoms with Gasteiger partial charge in [0.15, 0.2) is 0 Å². The molecule has 0 aromatic heterocycles. The molecule has 0 aromatic rings. The molecule has 0 N–H and O–H groups in total. The molecule has 1 heteroatoms. The van der Waals surface area contributed by atoms with Crippen LogP contribution < -0.4 is 0 Å². The average molecular weight is 115 g/mol. The Bertz CT molecular complexity index is 37.7. The molecular weight excluding hydrogens is 100 g/mol. The lowest BCUT2D eigenvalue weighted by atomic mass is 10.1. The van der Waals surface area contributed by atoms with E-state index in [0.717, 1.165) is 6.61 Å². The van der Waals surface area contributed by atoms with Crippen molar-refractivity contribution in [3.63, 3.8) is 0 Å². The molecular formula is C7H15O-. The summed E-state index contributed by atoms with van der Waals surface area (Å²) in [6, 6.07) is 0. The zero-order valence-corrected chi connectivity index (χ0v) is 6.03. The number of hydrogen-bond donors (Lipinski definition) is 0. The van der Waals surface area contributed by atoms with Crippen molar-refractivity contribution in [3.05, 3.63) is 5.92 Å². The van der Waals surface area contributed by atoms with Gasteiger partial charge in [0, 0.05) is 7.11 Å². The maximum Gasteiger partial charge on any atom is 0.0319 e. The Balaban J connectivity index is 2.92. The molecule has 0 atom stereocenters. The van der Waals surface area contributed by atoms with Crippen LogP contribution in [0.5, 0.6) is 0 Å². The number of hydrogen-bond acceptors (Lipinski definition) is 1. The molecule has 0 amide bonds. The molecule has 0 aliphatic rings. The highest BCUT2D eigenvalue weighted by atomic mass is 16.5. The average Bonchev–Trinajstić information content (AvgIpc) is 1.68. The van der Waals surface area contributed by atoms with Gasteiger partial charge in [-0.2, -0.15) is 13.3 Å². The summed E-state index contributed by atoms with van der Waals surface area (Å²) in [5.74, 6) is 1.44. The molecule has 0 saturated carbocycles. The van der Waals surface area contributed by atoms with Gasteiger partial charge in [0.25, 0.3) is 0 Å². The third-order valence-corrected chi connectivity index (χ3v) is 1.07. The lowest BCUT2D eigenvalue weighted by Gasteiger charge is -2.21. The molecule has 0 spiro atoms. The van der Waals surface area contributed by atoms with Gasteiger partial charge in [0.2, 0.25) is 0 Å². The topological polar surface area (TPSA) is 9.23 Å². The van der Waals surface area contributed by atoms with E-state index in [4.69, 9.17) is 4.74 Å². The summed E-state index contributed by atoms with van der Waals surface area (Å²) in [4.78, 5) is 0. The van der Waals surface area contributed by atoms with E-state index in [-0.39, 0.29) is 0 Å². The summed E-state index contributed by atoms with van der Waals surface area (Å²) in [6.45, 7) is 5.14. The van der Waals surface area contributed by atoms with E-state index >= 15 is 0 Å². The van der Waals surface area contributed by atoms with E-state index in [0.29, 0.717) is 0 Å². The van der Waals surface area contributed by atoms with E-state index in [2.05, 4.69) is 13.8 Å². The van der Waals surface area contributed by atoms with Crippen molar-refractivity contribution in [3.8, 4) is 0 Å². The lowest BCUT2D eigenvalue weighted by molar-refractivity contribution is 0.206. The first kappa shape index (κ1) is 7.96. The Morgan fingerprint density at radius 2 is 2.12 bits per heavy atom. The van der Waals surface area contributed by atoms with Crippen LogP contribution in [-0.2, 0) is 4.74 Å². The van der Waals surface area contributed by atoms with Gasteiger partial charge in [-0.1, -0.05) is 20.0 Å². The highest BCUT2D eigenvalue weighted by Gasteiger charge is 1.81. The van der Waals surface area contributed by atoms with Crippen LogP contribution >= 0.6 is 0 Å². The van der Waals surface area contributed by atoms with Crippen molar-refractivity contribution >= 4 is 0 Å². The van der Waals surface area contributed by atoms with E-state index in [1.807, 2.05) is 0 Å². The van der Waals surface area contributed by atoms with Crippen LogP contribution in [0, 0.1) is 5.92 Å². The highest BCUT2D eigenvalue weighted by Crippen LogP contribution is 2.06. The Labute approximate surface area is 52.0 Å². The maximum absolute atomic E-state index is 4.92. The van der Waals surface area contributed by atoms with E-state index < -0.39 is 0 Å². The SMILES string of the molecule is CCC[C-](C)COC. The predicted molar refractivity (Wildman–Crippen MR) is 35.7 cm³/mol. The van der Waals surface area contributed by atoms with E-state index in [1.54, 1.807) is 7.11 Å². The minimum atomic E-state index is 0.827. The fourth-order valence-electron chi connectivity index (χ4n) is 0.745. The molecule has 0 unspecified atom stereocenters. The standard InChI is InChI=1S/C7H15O/c1-4-5-7(2)6-8-3/h4-6H2,1-3H3/q-1. The lowest BCUT2D eigenvalue weighted by Crippen LogP contribution is -1.99. The van der Waals surface area contributed by atoms with Crippen LogP contribution in [0.1, 0.15) is 26.7 Å². The Hall–Kier alpha value is -0.0400. The third-order valence-electron chi connectivity index (χ3n) is 1.07. The fraction of sp³-hybridized carbons (Fsp3) is 0.857. The minimum absolute atomic E-state index is 0.827. The van der Waals surface area contributed by atoms with Gasteiger partial charge in [-0.05, 0) is 0 Å². The van der Waals surface area contributed by atoms with Crippen LogP contribution in [0.15, 0.2) is 0 Å². The molecule has 0 bridgehead atoms. The first-order chi connectivity index (χ1) is 3.81. The summed E-state index contributed by atoms with van der Waals surface area (Å²) in [5, 5.41) is 0. The van der Waals surface area contributed by atoms with E-state index in [1.165, 1.54) is 18.8 Å². The largest absolute Gasteiger partial charge is 0.416 e. The Kier molecular flexibility index (Phi) is 5.08. The molecule has 0 heterocycles. The smallest absolute Gasteiger partial charge is 0.0319 e. The molecule has 0 fully saturated rings. The van der Waals surface area contributed by atoms with Gasteiger partial charge in [0.05, 0.1) is 0 Å². The zero-order valence-electron chi connectivity index (χ0n) is 6.03. The summed E-state index contributed by atoms with van der Waals surface area (Å²) >= 11 is 0. The molecule has 0 radical (unpaired) electrons. The Morgan fingerprint density at radius 3 is 2.50 bits per heavy atom. The monoisotopic (exact) mass is 115 g/mol. The number of rotatable bonds is 4. The van der Waals surface area contributed by atoms with Crippen molar-refractivity contribution in [1.82, 2.24) is 0 Å². The fourth-order valence-corrected chi connectivity index (χ4v) is 0.745. The van der Waals surface area contributed by atoms with Crippen LogP contribution in [0.2, 0.25) is 0 Å². The van der Waals surface area contributed by atoms with Crippen LogP contribution in [-0.4, -0.2) is 13.7 Å². The van der Waals surface area contributed by atoms with Crippen molar-refractivity contribution < 1.29 is 4.74 Å². The molecule has 8 heavy (non-hydrogen) atoms.